The van der Waals surface area contributed by atoms with E-state index in [2.05, 4.69) is 25.6 Å². The molecule has 0 fully saturated rings. The molecule has 26 heavy (non-hydrogen) atoms. The average Bonchev–Trinajstić information content (AvgIpc) is 3.32. The van der Waals surface area contributed by atoms with Gasteiger partial charge in [-0.3, -0.25) is 4.79 Å². The van der Waals surface area contributed by atoms with E-state index in [-0.39, 0.29) is 11.7 Å². The summed E-state index contributed by atoms with van der Waals surface area (Å²) < 4.78 is 11.4. The van der Waals surface area contributed by atoms with Crippen LogP contribution in [0.3, 0.4) is 0 Å². The first-order valence-corrected chi connectivity index (χ1v) is 8.54. The van der Waals surface area contributed by atoms with Gasteiger partial charge in [-0.15, -0.1) is 5.10 Å². The number of anilines is 1. The topological polar surface area (TPSA) is 112 Å². The Hall–Kier alpha value is -3.14. The highest BCUT2D eigenvalue weighted by Gasteiger charge is 2.12. The van der Waals surface area contributed by atoms with Crippen molar-refractivity contribution in [2.75, 3.05) is 18.2 Å². The fraction of sp³-hybridized carbons (Fsp3) is 0.188. The molecule has 2 heterocycles. The molecule has 0 radical (unpaired) electrons. The first kappa shape index (κ1) is 17.7. The number of hydrogen-bond donors (Lipinski definition) is 1. The largest absolute Gasteiger partial charge is 0.467 e. The summed E-state index contributed by atoms with van der Waals surface area (Å²) >= 11 is 1.21. The predicted molar refractivity (Wildman–Crippen MR) is 92.8 cm³/mol. The summed E-state index contributed by atoms with van der Waals surface area (Å²) in [5.41, 5.74) is 0.996. The summed E-state index contributed by atoms with van der Waals surface area (Å²) in [5, 5.41) is 14.7. The third-order valence-electron chi connectivity index (χ3n) is 3.31. The number of nitrogens with one attached hydrogen (secondary N) is 1. The van der Waals surface area contributed by atoms with Gasteiger partial charge < -0.3 is 14.5 Å². The minimum atomic E-state index is -0.429. The Morgan fingerprint density at radius 3 is 2.77 bits per heavy atom. The Bertz CT molecular complexity index is 876. The molecular formula is C16H15N5O4S. The standard InChI is InChI=1S/C16H15N5O4S/c1-24-15(23)11-4-6-12(7-5-11)17-14(22)10-26-16-18-19-20-21(16)9-13-3-2-8-25-13/h2-8H,9-10H2,1H3,(H,17,22). The molecule has 0 aliphatic heterocycles. The number of hydrogen-bond acceptors (Lipinski definition) is 8. The Kier molecular flexibility index (Phi) is 5.64. The zero-order valence-electron chi connectivity index (χ0n) is 13.8. The number of aromatic nitrogens is 4. The van der Waals surface area contributed by atoms with Crippen LogP contribution in [0.4, 0.5) is 5.69 Å². The monoisotopic (exact) mass is 373 g/mol. The van der Waals surface area contributed by atoms with Crippen molar-refractivity contribution in [2.45, 2.75) is 11.7 Å². The van der Waals surface area contributed by atoms with Crippen molar-refractivity contribution >= 4 is 29.3 Å². The molecule has 0 aliphatic rings. The Labute approximate surface area is 152 Å². The molecular weight excluding hydrogens is 358 g/mol. The van der Waals surface area contributed by atoms with E-state index in [0.717, 1.165) is 0 Å². The average molecular weight is 373 g/mol. The van der Waals surface area contributed by atoms with Gasteiger partial charge in [0.2, 0.25) is 11.1 Å². The van der Waals surface area contributed by atoms with Crippen LogP contribution in [0.25, 0.3) is 0 Å². The maximum atomic E-state index is 12.1. The second kappa shape index (κ2) is 8.30. The van der Waals surface area contributed by atoms with Gasteiger partial charge in [0.1, 0.15) is 12.3 Å². The van der Waals surface area contributed by atoms with Gasteiger partial charge in [0.05, 0.1) is 24.7 Å². The van der Waals surface area contributed by atoms with Crippen molar-refractivity contribution in [3.8, 4) is 0 Å². The van der Waals surface area contributed by atoms with Crippen LogP contribution in [-0.2, 0) is 16.1 Å². The molecule has 1 amide bonds. The fourth-order valence-corrected chi connectivity index (χ4v) is 2.76. The van der Waals surface area contributed by atoms with Gasteiger partial charge in [0.25, 0.3) is 0 Å². The zero-order valence-corrected chi connectivity index (χ0v) is 14.6. The third kappa shape index (κ3) is 4.48. The molecule has 0 unspecified atom stereocenters. The lowest BCUT2D eigenvalue weighted by atomic mass is 10.2. The number of benzene rings is 1. The normalized spacial score (nSPS) is 10.5. The van der Waals surface area contributed by atoms with Crippen LogP contribution >= 0.6 is 11.8 Å². The second-order valence-corrected chi connectivity index (χ2v) is 6.05. The van der Waals surface area contributed by atoms with Crippen molar-refractivity contribution in [1.29, 1.82) is 0 Å². The van der Waals surface area contributed by atoms with Gasteiger partial charge in [-0.05, 0) is 46.8 Å². The first-order valence-electron chi connectivity index (χ1n) is 7.55. The van der Waals surface area contributed by atoms with Crippen LogP contribution < -0.4 is 5.32 Å². The molecule has 0 saturated carbocycles. The maximum absolute atomic E-state index is 12.1. The van der Waals surface area contributed by atoms with Crippen molar-refractivity contribution in [2.24, 2.45) is 0 Å². The van der Waals surface area contributed by atoms with E-state index in [4.69, 9.17) is 4.42 Å². The number of amides is 1. The summed E-state index contributed by atoms with van der Waals surface area (Å²) in [6.07, 6.45) is 1.57. The van der Waals surface area contributed by atoms with E-state index >= 15 is 0 Å². The molecule has 1 aromatic carbocycles. The molecule has 3 rings (SSSR count). The number of rotatable bonds is 7. The Balaban J connectivity index is 1.53. The summed E-state index contributed by atoms with van der Waals surface area (Å²) in [5.74, 6) is 0.210. The third-order valence-corrected chi connectivity index (χ3v) is 4.26. The molecule has 134 valence electrons. The SMILES string of the molecule is COC(=O)c1ccc(NC(=O)CSc2nnnn2Cc2ccco2)cc1. The van der Waals surface area contributed by atoms with Crippen molar-refractivity contribution in [3.05, 3.63) is 54.0 Å². The Morgan fingerprint density at radius 2 is 2.08 bits per heavy atom. The number of thioether (sulfide) groups is 1. The van der Waals surface area contributed by atoms with E-state index in [0.29, 0.717) is 28.7 Å². The second-order valence-electron chi connectivity index (χ2n) is 5.10. The van der Waals surface area contributed by atoms with Gasteiger partial charge >= 0.3 is 5.97 Å². The smallest absolute Gasteiger partial charge is 0.337 e. The minimum Gasteiger partial charge on any atom is -0.467 e. The Morgan fingerprint density at radius 1 is 1.27 bits per heavy atom. The highest BCUT2D eigenvalue weighted by Crippen LogP contribution is 2.16. The van der Waals surface area contributed by atoms with Crippen LogP contribution in [0.5, 0.6) is 0 Å². The molecule has 0 aliphatic carbocycles. The molecule has 0 atom stereocenters. The van der Waals surface area contributed by atoms with Gasteiger partial charge in [-0.1, -0.05) is 11.8 Å². The summed E-state index contributed by atoms with van der Waals surface area (Å²) in [6, 6.07) is 10.0. The molecule has 0 bridgehead atoms. The number of tetrazole rings is 1. The predicted octanol–water partition coefficient (Wildman–Crippen LogP) is 1.83. The number of furan rings is 1. The van der Waals surface area contributed by atoms with Gasteiger partial charge in [0, 0.05) is 5.69 Å². The van der Waals surface area contributed by atoms with E-state index in [1.54, 1.807) is 41.3 Å². The number of methoxy groups -OCH3 is 1. The fourth-order valence-electron chi connectivity index (χ4n) is 2.08. The summed E-state index contributed by atoms with van der Waals surface area (Å²) in [4.78, 5) is 23.5. The van der Waals surface area contributed by atoms with E-state index in [1.807, 2.05) is 6.07 Å². The highest BCUT2D eigenvalue weighted by molar-refractivity contribution is 7.99. The highest BCUT2D eigenvalue weighted by atomic mass is 32.2. The van der Waals surface area contributed by atoms with Gasteiger partial charge in [-0.25, -0.2) is 9.48 Å². The van der Waals surface area contributed by atoms with Crippen LogP contribution in [0, 0.1) is 0 Å². The molecule has 2 aromatic heterocycles. The lowest BCUT2D eigenvalue weighted by Crippen LogP contribution is -2.15. The van der Waals surface area contributed by atoms with Gasteiger partial charge in [-0.2, -0.15) is 0 Å². The van der Waals surface area contributed by atoms with Crippen LogP contribution in [0.1, 0.15) is 16.1 Å². The van der Waals surface area contributed by atoms with Crippen molar-refractivity contribution < 1.29 is 18.7 Å². The first-order chi connectivity index (χ1) is 12.7. The van der Waals surface area contributed by atoms with Crippen LogP contribution in [0.2, 0.25) is 0 Å². The van der Waals surface area contributed by atoms with E-state index in [9.17, 15) is 9.59 Å². The number of ether oxygens (including phenoxy) is 1. The molecule has 9 nitrogen and oxygen atoms in total. The lowest BCUT2D eigenvalue weighted by Gasteiger charge is -2.06. The molecule has 3 aromatic rings. The quantitative estimate of drug-likeness (QED) is 0.493. The summed E-state index contributed by atoms with van der Waals surface area (Å²) in [7, 11) is 1.31. The number of carbonyl (C=O) groups is 2. The minimum absolute atomic E-state index is 0.136. The van der Waals surface area contributed by atoms with E-state index < -0.39 is 5.97 Å². The van der Waals surface area contributed by atoms with E-state index in [1.165, 1.54) is 18.9 Å². The molecule has 1 N–H and O–H groups in total. The lowest BCUT2D eigenvalue weighted by molar-refractivity contribution is -0.113. The number of nitrogens with zero attached hydrogens (tertiary/aromatic N) is 4. The van der Waals surface area contributed by atoms with Crippen molar-refractivity contribution in [3.63, 3.8) is 0 Å². The zero-order chi connectivity index (χ0) is 18.4. The molecule has 0 saturated heterocycles. The van der Waals surface area contributed by atoms with Crippen LogP contribution in [-0.4, -0.2) is 44.9 Å². The summed E-state index contributed by atoms with van der Waals surface area (Å²) in [6.45, 7) is 0.388. The maximum Gasteiger partial charge on any atom is 0.337 e. The number of esters is 1. The van der Waals surface area contributed by atoms with Crippen LogP contribution in [0.15, 0.2) is 52.2 Å². The van der Waals surface area contributed by atoms with Gasteiger partial charge in [0.15, 0.2) is 0 Å². The van der Waals surface area contributed by atoms with Crippen molar-refractivity contribution in [1.82, 2.24) is 20.2 Å². The molecule has 10 heteroatoms. The number of carbonyl (C=O) groups excluding carboxylic acids is 2. The molecule has 0 spiro atoms.